The van der Waals surface area contributed by atoms with Gasteiger partial charge in [0.05, 0.1) is 17.1 Å². The van der Waals surface area contributed by atoms with Crippen LogP contribution in [-0.2, 0) is 11.3 Å². The molecule has 0 radical (unpaired) electrons. The molecule has 25 heavy (non-hydrogen) atoms. The molecule has 0 fully saturated rings. The molecule has 0 aliphatic rings. The Bertz CT molecular complexity index is 901. The maximum Gasteiger partial charge on any atom is 0.217 e. The third-order valence-corrected chi connectivity index (χ3v) is 4.45. The summed E-state index contributed by atoms with van der Waals surface area (Å²) in [5.41, 5.74) is 3.08. The van der Waals surface area contributed by atoms with Crippen LogP contribution in [0, 0.1) is 5.92 Å². The van der Waals surface area contributed by atoms with E-state index in [1.807, 2.05) is 42.5 Å². The lowest BCUT2D eigenvalue weighted by atomic mass is 10.0. The van der Waals surface area contributed by atoms with Crippen LogP contribution in [0.25, 0.3) is 11.0 Å². The van der Waals surface area contributed by atoms with Gasteiger partial charge in [0.25, 0.3) is 0 Å². The van der Waals surface area contributed by atoms with Gasteiger partial charge in [-0.2, -0.15) is 0 Å². The second-order valence-electron chi connectivity index (χ2n) is 6.60. The largest absolute Gasteiger partial charge is 0.346 e. The zero-order valence-corrected chi connectivity index (χ0v) is 15.4. The van der Waals surface area contributed by atoms with E-state index < -0.39 is 0 Å². The smallest absolute Gasteiger partial charge is 0.217 e. The van der Waals surface area contributed by atoms with Crippen LogP contribution in [0.3, 0.4) is 0 Å². The van der Waals surface area contributed by atoms with Gasteiger partial charge < -0.3 is 9.88 Å². The summed E-state index contributed by atoms with van der Waals surface area (Å²) in [5.74, 6) is 1.03. The van der Waals surface area contributed by atoms with Gasteiger partial charge in [-0.25, -0.2) is 4.98 Å². The summed E-state index contributed by atoms with van der Waals surface area (Å²) in [6.45, 7) is 6.37. The number of aromatic nitrogens is 2. The Morgan fingerprint density at radius 1 is 1.20 bits per heavy atom. The fourth-order valence-electron chi connectivity index (χ4n) is 3.06. The Hall–Kier alpha value is -2.33. The van der Waals surface area contributed by atoms with Gasteiger partial charge in [0.15, 0.2) is 0 Å². The maximum absolute atomic E-state index is 11.7. The van der Waals surface area contributed by atoms with E-state index in [0.29, 0.717) is 11.6 Å². The quantitative estimate of drug-likeness (QED) is 0.728. The number of rotatable bonds is 5. The average Bonchev–Trinajstić information content (AvgIpc) is 2.91. The molecular weight excluding hydrogens is 334 g/mol. The van der Waals surface area contributed by atoms with Crippen molar-refractivity contribution in [3.8, 4) is 0 Å². The highest BCUT2D eigenvalue weighted by Crippen LogP contribution is 2.27. The number of carbonyl (C=O) groups excluding carboxylic acids is 1. The van der Waals surface area contributed by atoms with E-state index in [4.69, 9.17) is 16.6 Å². The fraction of sp³-hybridized carbons (Fsp3) is 0.300. The van der Waals surface area contributed by atoms with Gasteiger partial charge in [0.1, 0.15) is 5.82 Å². The van der Waals surface area contributed by atoms with Crippen LogP contribution in [0.1, 0.15) is 38.2 Å². The van der Waals surface area contributed by atoms with Crippen molar-refractivity contribution < 1.29 is 4.79 Å². The molecule has 0 unspecified atom stereocenters. The van der Waals surface area contributed by atoms with Gasteiger partial charge in [-0.3, -0.25) is 4.79 Å². The summed E-state index contributed by atoms with van der Waals surface area (Å²) in [7, 11) is 0. The standard InChI is InChI=1S/C20H22ClN3O/c1-13(2)19(22-14(3)25)20-23-17-9-4-5-10-18(17)24(20)12-15-7-6-8-16(21)11-15/h4-11,13,19H,12H2,1-3H3,(H,22,25)/t19-/m0/s1. The number of para-hydroxylation sites is 2. The Kier molecular flexibility index (Phi) is 5.09. The van der Waals surface area contributed by atoms with Gasteiger partial charge in [-0.1, -0.05) is 49.7 Å². The Balaban J connectivity index is 2.12. The molecule has 1 atom stereocenters. The molecule has 1 amide bonds. The van der Waals surface area contributed by atoms with Crippen molar-refractivity contribution in [2.75, 3.05) is 0 Å². The molecule has 4 nitrogen and oxygen atoms in total. The number of halogens is 1. The van der Waals surface area contributed by atoms with Crippen molar-refractivity contribution in [2.24, 2.45) is 5.92 Å². The summed E-state index contributed by atoms with van der Waals surface area (Å²) < 4.78 is 2.17. The Morgan fingerprint density at radius 3 is 2.64 bits per heavy atom. The minimum atomic E-state index is -0.149. The van der Waals surface area contributed by atoms with Gasteiger partial charge in [-0.05, 0) is 35.7 Å². The Labute approximate surface area is 152 Å². The van der Waals surface area contributed by atoms with Crippen molar-refractivity contribution in [1.29, 1.82) is 0 Å². The minimum Gasteiger partial charge on any atom is -0.346 e. The van der Waals surface area contributed by atoms with Crippen molar-refractivity contribution in [3.05, 3.63) is 64.9 Å². The van der Waals surface area contributed by atoms with Gasteiger partial charge in [-0.15, -0.1) is 0 Å². The predicted octanol–water partition coefficient (Wildman–Crippen LogP) is 4.57. The average molecular weight is 356 g/mol. The monoisotopic (exact) mass is 355 g/mol. The number of benzene rings is 2. The summed E-state index contributed by atoms with van der Waals surface area (Å²) in [6, 6.07) is 15.7. The number of amides is 1. The van der Waals surface area contributed by atoms with Crippen molar-refractivity contribution >= 4 is 28.5 Å². The van der Waals surface area contributed by atoms with Crippen molar-refractivity contribution in [2.45, 2.75) is 33.4 Å². The first kappa shape index (κ1) is 17.5. The second kappa shape index (κ2) is 7.28. The van der Waals surface area contributed by atoms with Crippen LogP contribution in [0.5, 0.6) is 0 Å². The zero-order chi connectivity index (χ0) is 18.0. The van der Waals surface area contributed by atoms with Gasteiger partial charge in [0.2, 0.25) is 5.91 Å². The molecule has 5 heteroatoms. The lowest BCUT2D eigenvalue weighted by Gasteiger charge is -2.22. The molecule has 0 saturated heterocycles. The van der Waals surface area contributed by atoms with Gasteiger partial charge >= 0.3 is 0 Å². The van der Waals surface area contributed by atoms with Crippen LogP contribution in [0.4, 0.5) is 0 Å². The summed E-state index contributed by atoms with van der Waals surface area (Å²) in [5, 5.41) is 3.76. The van der Waals surface area contributed by atoms with E-state index >= 15 is 0 Å². The number of imidazole rings is 1. The molecule has 1 aromatic heterocycles. The van der Waals surface area contributed by atoms with E-state index in [2.05, 4.69) is 29.8 Å². The molecule has 130 valence electrons. The van der Waals surface area contributed by atoms with Crippen LogP contribution >= 0.6 is 11.6 Å². The number of hydrogen-bond donors (Lipinski definition) is 1. The van der Waals surface area contributed by atoms with Crippen LogP contribution in [0.2, 0.25) is 5.02 Å². The molecule has 0 spiro atoms. The van der Waals surface area contributed by atoms with E-state index in [0.717, 1.165) is 22.4 Å². The number of carbonyl (C=O) groups is 1. The molecular formula is C20H22ClN3O. The molecule has 0 saturated carbocycles. The fourth-order valence-corrected chi connectivity index (χ4v) is 3.28. The number of nitrogens with one attached hydrogen (secondary N) is 1. The SMILES string of the molecule is CC(=O)N[C@H](c1nc2ccccc2n1Cc1cccc(Cl)c1)C(C)C. The summed E-state index contributed by atoms with van der Waals surface area (Å²) in [4.78, 5) is 16.5. The topological polar surface area (TPSA) is 46.9 Å². The number of nitrogens with zero attached hydrogens (tertiary/aromatic N) is 2. The summed E-state index contributed by atoms with van der Waals surface area (Å²) in [6.07, 6.45) is 0. The highest BCUT2D eigenvalue weighted by Gasteiger charge is 2.24. The minimum absolute atomic E-state index is 0.0555. The predicted molar refractivity (Wildman–Crippen MR) is 102 cm³/mol. The molecule has 3 aromatic rings. The molecule has 2 aromatic carbocycles. The van der Waals surface area contributed by atoms with Crippen molar-refractivity contribution in [1.82, 2.24) is 14.9 Å². The lowest BCUT2D eigenvalue weighted by molar-refractivity contribution is -0.120. The molecule has 0 bridgehead atoms. The van der Waals surface area contributed by atoms with E-state index in [-0.39, 0.29) is 17.9 Å². The normalized spacial score (nSPS) is 12.5. The third-order valence-electron chi connectivity index (χ3n) is 4.22. The first-order chi connectivity index (χ1) is 12.0. The summed E-state index contributed by atoms with van der Waals surface area (Å²) >= 11 is 6.14. The Morgan fingerprint density at radius 2 is 1.96 bits per heavy atom. The molecule has 3 rings (SSSR count). The molecule has 1 heterocycles. The number of fused-ring (bicyclic) bond motifs is 1. The second-order valence-corrected chi connectivity index (χ2v) is 7.03. The van der Waals surface area contributed by atoms with Crippen molar-refractivity contribution in [3.63, 3.8) is 0 Å². The maximum atomic E-state index is 11.7. The highest BCUT2D eigenvalue weighted by atomic mass is 35.5. The first-order valence-electron chi connectivity index (χ1n) is 8.42. The molecule has 0 aliphatic carbocycles. The third kappa shape index (κ3) is 3.85. The zero-order valence-electron chi connectivity index (χ0n) is 14.7. The van der Waals surface area contributed by atoms with E-state index in [1.54, 1.807) is 6.92 Å². The van der Waals surface area contributed by atoms with E-state index in [9.17, 15) is 4.79 Å². The lowest BCUT2D eigenvalue weighted by Crippen LogP contribution is -2.32. The number of hydrogen-bond acceptors (Lipinski definition) is 2. The van der Waals surface area contributed by atoms with Crippen LogP contribution in [0.15, 0.2) is 48.5 Å². The van der Waals surface area contributed by atoms with E-state index in [1.165, 1.54) is 0 Å². The van der Waals surface area contributed by atoms with Gasteiger partial charge in [0, 0.05) is 18.5 Å². The molecule has 0 aliphatic heterocycles. The highest BCUT2D eigenvalue weighted by molar-refractivity contribution is 6.30. The first-order valence-corrected chi connectivity index (χ1v) is 8.80. The molecule has 1 N–H and O–H groups in total. The van der Waals surface area contributed by atoms with Crippen LogP contribution < -0.4 is 5.32 Å². The van der Waals surface area contributed by atoms with Crippen LogP contribution in [-0.4, -0.2) is 15.5 Å².